The molecule has 1 saturated carbocycles. The van der Waals surface area contributed by atoms with Gasteiger partial charge in [0.25, 0.3) is 0 Å². The predicted octanol–water partition coefficient (Wildman–Crippen LogP) is 0.748. The second kappa shape index (κ2) is 6.13. The van der Waals surface area contributed by atoms with Crippen LogP contribution in [0.25, 0.3) is 0 Å². The lowest BCUT2D eigenvalue weighted by atomic mass is 10.1. The molecule has 0 radical (unpaired) electrons. The summed E-state index contributed by atoms with van der Waals surface area (Å²) in [5.74, 6) is 0.775. The molecule has 108 valence electrons. The van der Waals surface area contributed by atoms with Gasteiger partial charge < -0.3 is 14.9 Å². The van der Waals surface area contributed by atoms with Gasteiger partial charge in [-0.25, -0.2) is 0 Å². The molecule has 0 aromatic rings. The number of aliphatic carboxylic acids is 1. The first-order valence-corrected chi connectivity index (χ1v) is 7.92. The van der Waals surface area contributed by atoms with Crippen LogP contribution in [0.2, 0.25) is 0 Å². The molecule has 1 aliphatic carbocycles. The van der Waals surface area contributed by atoms with Crippen LogP contribution < -0.4 is 0 Å². The van der Waals surface area contributed by atoms with Crippen LogP contribution in [0.3, 0.4) is 0 Å². The van der Waals surface area contributed by atoms with Gasteiger partial charge in [-0.15, -0.1) is 0 Å². The molecule has 1 amide bonds. The maximum Gasteiger partial charge on any atom is 0.303 e. The van der Waals surface area contributed by atoms with E-state index in [2.05, 4.69) is 11.9 Å². The lowest BCUT2D eigenvalue weighted by Gasteiger charge is -2.32. The number of hydrogen-bond acceptors (Lipinski definition) is 4. The van der Waals surface area contributed by atoms with E-state index in [1.807, 2.05) is 4.90 Å². The number of hydrogen-bond donors (Lipinski definition) is 1. The van der Waals surface area contributed by atoms with Gasteiger partial charge in [0, 0.05) is 26.2 Å². The summed E-state index contributed by atoms with van der Waals surface area (Å²) in [5.41, 5.74) is -0.0150. The molecule has 1 heterocycles. The van der Waals surface area contributed by atoms with E-state index >= 15 is 0 Å². The molecular formula is C13H22N2O3S. The quantitative estimate of drug-likeness (QED) is 0.781. The van der Waals surface area contributed by atoms with Crippen LogP contribution in [-0.2, 0) is 9.59 Å². The van der Waals surface area contributed by atoms with E-state index in [0.717, 1.165) is 44.8 Å². The Morgan fingerprint density at radius 2 is 1.84 bits per heavy atom. The van der Waals surface area contributed by atoms with Gasteiger partial charge in [-0.1, -0.05) is 0 Å². The summed E-state index contributed by atoms with van der Waals surface area (Å²) in [6.07, 6.45) is 2.24. The number of piperazine rings is 1. The molecule has 0 aromatic heterocycles. The molecule has 0 spiro atoms. The van der Waals surface area contributed by atoms with Crippen molar-refractivity contribution in [1.82, 2.24) is 9.80 Å². The number of likely N-dealkylation sites (N-methyl/N-ethyl adjacent to an activating group) is 1. The van der Waals surface area contributed by atoms with Crippen molar-refractivity contribution in [3.63, 3.8) is 0 Å². The zero-order chi connectivity index (χ0) is 13.9. The monoisotopic (exact) mass is 286 g/mol. The molecule has 2 aliphatic rings. The first-order chi connectivity index (χ1) is 9.01. The third-order valence-electron chi connectivity index (χ3n) is 3.97. The molecule has 0 unspecified atom stereocenters. The second-order valence-corrected chi connectivity index (χ2v) is 6.73. The highest BCUT2D eigenvalue weighted by molar-refractivity contribution is 7.99. The standard InChI is InChI=1S/C13H22N2O3S/c1-14-4-6-15(7-5-14)11(16)9-19-10-13(2-3-13)8-12(17)18/h2-10H2,1H3,(H,17,18). The number of rotatable bonds is 6. The Labute approximate surface area is 118 Å². The van der Waals surface area contributed by atoms with Crippen LogP contribution in [0, 0.1) is 5.41 Å². The topological polar surface area (TPSA) is 60.9 Å². The Bertz CT molecular complexity index is 350. The van der Waals surface area contributed by atoms with E-state index in [-0.39, 0.29) is 17.7 Å². The largest absolute Gasteiger partial charge is 0.481 e. The lowest BCUT2D eigenvalue weighted by Crippen LogP contribution is -2.47. The van der Waals surface area contributed by atoms with Crippen molar-refractivity contribution in [2.45, 2.75) is 19.3 Å². The van der Waals surface area contributed by atoms with Gasteiger partial charge in [0.2, 0.25) is 5.91 Å². The highest BCUT2D eigenvalue weighted by Gasteiger charge is 2.44. The average molecular weight is 286 g/mol. The highest BCUT2D eigenvalue weighted by Crippen LogP contribution is 2.50. The first kappa shape index (κ1) is 14.7. The van der Waals surface area contributed by atoms with Gasteiger partial charge in [-0.3, -0.25) is 9.59 Å². The van der Waals surface area contributed by atoms with Crippen molar-refractivity contribution >= 4 is 23.6 Å². The van der Waals surface area contributed by atoms with Gasteiger partial charge in [0.05, 0.1) is 12.2 Å². The van der Waals surface area contributed by atoms with E-state index < -0.39 is 5.97 Å². The minimum atomic E-state index is -0.719. The summed E-state index contributed by atoms with van der Waals surface area (Å²) in [6, 6.07) is 0. The van der Waals surface area contributed by atoms with Crippen LogP contribution in [0.5, 0.6) is 0 Å². The average Bonchev–Trinajstić information content (AvgIpc) is 3.08. The molecule has 19 heavy (non-hydrogen) atoms. The van der Waals surface area contributed by atoms with Gasteiger partial charge in [0.15, 0.2) is 0 Å². The molecule has 2 fully saturated rings. The minimum Gasteiger partial charge on any atom is -0.481 e. The lowest BCUT2D eigenvalue weighted by molar-refractivity contribution is -0.138. The van der Waals surface area contributed by atoms with Crippen LogP contribution >= 0.6 is 11.8 Å². The summed E-state index contributed by atoms with van der Waals surface area (Å²) in [5, 5.41) is 8.84. The fraction of sp³-hybridized carbons (Fsp3) is 0.846. The fourth-order valence-corrected chi connectivity index (χ4v) is 3.65. The van der Waals surface area contributed by atoms with Crippen molar-refractivity contribution in [3.8, 4) is 0 Å². The summed E-state index contributed by atoms with van der Waals surface area (Å²) >= 11 is 1.60. The first-order valence-electron chi connectivity index (χ1n) is 6.77. The molecule has 1 aliphatic heterocycles. The zero-order valence-electron chi connectivity index (χ0n) is 11.4. The maximum absolute atomic E-state index is 12.0. The van der Waals surface area contributed by atoms with Crippen molar-refractivity contribution in [3.05, 3.63) is 0 Å². The molecule has 5 nitrogen and oxygen atoms in total. The summed E-state index contributed by atoms with van der Waals surface area (Å²) in [6.45, 7) is 3.52. The third-order valence-corrected chi connectivity index (χ3v) is 5.24. The number of nitrogens with zero attached hydrogens (tertiary/aromatic N) is 2. The van der Waals surface area contributed by atoms with Crippen LogP contribution in [0.15, 0.2) is 0 Å². The number of thioether (sulfide) groups is 1. The van der Waals surface area contributed by atoms with E-state index in [1.165, 1.54) is 0 Å². The number of amides is 1. The molecule has 1 N–H and O–H groups in total. The van der Waals surface area contributed by atoms with Crippen molar-refractivity contribution in [2.24, 2.45) is 5.41 Å². The number of carboxylic acid groups (broad SMARTS) is 1. The van der Waals surface area contributed by atoms with E-state index in [4.69, 9.17) is 5.11 Å². The molecule has 0 bridgehead atoms. The second-order valence-electron chi connectivity index (χ2n) is 5.75. The third kappa shape index (κ3) is 4.38. The zero-order valence-corrected chi connectivity index (χ0v) is 12.2. The Kier molecular flexibility index (Phi) is 4.73. The van der Waals surface area contributed by atoms with Crippen molar-refractivity contribution in [2.75, 3.05) is 44.7 Å². The Balaban J connectivity index is 1.65. The van der Waals surface area contributed by atoms with Gasteiger partial charge in [0.1, 0.15) is 0 Å². The van der Waals surface area contributed by atoms with Crippen molar-refractivity contribution in [1.29, 1.82) is 0 Å². The molecule has 6 heteroatoms. The van der Waals surface area contributed by atoms with E-state index in [1.54, 1.807) is 11.8 Å². The van der Waals surface area contributed by atoms with Crippen molar-refractivity contribution < 1.29 is 14.7 Å². The number of carbonyl (C=O) groups is 2. The molecule has 0 atom stereocenters. The summed E-state index contributed by atoms with van der Waals surface area (Å²) < 4.78 is 0. The Morgan fingerprint density at radius 1 is 1.21 bits per heavy atom. The van der Waals surface area contributed by atoms with Gasteiger partial charge >= 0.3 is 5.97 Å². The summed E-state index contributed by atoms with van der Waals surface area (Å²) in [7, 11) is 2.07. The summed E-state index contributed by atoms with van der Waals surface area (Å²) in [4.78, 5) is 26.9. The highest BCUT2D eigenvalue weighted by atomic mass is 32.2. The molecular weight excluding hydrogens is 264 g/mol. The normalized spacial score (nSPS) is 22.3. The minimum absolute atomic E-state index is 0.0150. The van der Waals surface area contributed by atoms with Crippen LogP contribution in [-0.4, -0.2) is 71.5 Å². The van der Waals surface area contributed by atoms with E-state index in [0.29, 0.717) is 5.75 Å². The molecule has 1 saturated heterocycles. The maximum atomic E-state index is 12.0. The fourth-order valence-electron chi connectivity index (χ4n) is 2.37. The number of carbonyl (C=O) groups excluding carboxylic acids is 1. The Morgan fingerprint density at radius 3 is 2.37 bits per heavy atom. The Hall–Kier alpha value is -0.750. The van der Waals surface area contributed by atoms with Gasteiger partial charge in [-0.05, 0) is 31.1 Å². The molecule has 0 aromatic carbocycles. The SMILES string of the molecule is CN1CCN(C(=O)CSCC2(CC(=O)O)CC2)CC1. The van der Waals surface area contributed by atoms with Crippen LogP contribution in [0.4, 0.5) is 0 Å². The predicted molar refractivity (Wildman–Crippen MR) is 75.3 cm³/mol. The molecule has 2 rings (SSSR count). The smallest absolute Gasteiger partial charge is 0.303 e. The number of carboxylic acids is 1. The van der Waals surface area contributed by atoms with Crippen LogP contribution in [0.1, 0.15) is 19.3 Å². The van der Waals surface area contributed by atoms with E-state index in [9.17, 15) is 9.59 Å². The van der Waals surface area contributed by atoms with Gasteiger partial charge in [-0.2, -0.15) is 11.8 Å².